The zero-order valence-corrected chi connectivity index (χ0v) is 12.9. The summed E-state index contributed by atoms with van der Waals surface area (Å²) in [5.74, 6) is 1.05. The van der Waals surface area contributed by atoms with Crippen LogP contribution in [0.15, 0.2) is 36.4 Å². The van der Waals surface area contributed by atoms with Crippen LogP contribution in [-0.4, -0.2) is 30.3 Å². The zero-order chi connectivity index (χ0) is 14.8. The summed E-state index contributed by atoms with van der Waals surface area (Å²) in [7, 11) is 0. The highest BCUT2D eigenvalue weighted by Gasteiger charge is 2.19. The predicted octanol–water partition coefficient (Wildman–Crippen LogP) is 4.06. The highest BCUT2D eigenvalue weighted by atomic mass is 16.1. The Morgan fingerprint density at radius 3 is 2.48 bits per heavy atom. The van der Waals surface area contributed by atoms with Crippen LogP contribution in [0.2, 0.25) is 0 Å². The van der Waals surface area contributed by atoms with E-state index in [4.69, 9.17) is 0 Å². The Labute approximate surface area is 126 Å². The van der Waals surface area contributed by atoms with Crippen LogP contribution < -0.4 is 0 Å². The first-order chi connectivity index (χ1) is 10.1. The molecule has 0 saturated carbocycles. The monoisotopic (exact) mass is 281 g/mol. The minimum Gasteiger partial charge on any atom is -0.296 e. The summed E-state index contributed by atoms with van der Waals surface area (Å²) in [5, 5.41) is 2.28. The molecule has 0 N–H and O–H groups in total. The number of aryl methyl sites for hydroxylation is 1. The maximum absolute atomic E-state index is 12.7. The SMILES string of the molecule is Cc1ccc(C(=O)CN2CCC(C)CC2)c2ccccc12. The van der Waals surface area contributed by atoms with Crippen LogP contribution in [0.4, 0.5) is 0 Å². The van der Waals surface area contributed by atoms with Gasteiger partial charge in [-0.15, -0.1) is 0 Å². The summed E-state index contributed by atoms with van der Waals surface area (Å²) in [6, 6.07) is 12.3. The van der Waals surface area contributed by atoms with Crippen LogP contribution >= 0.6 is 0 Å². The van der Waals surface area contributed by atoms with Gasteiger partial charge in [-0.2, -0.15) is 0 Å². The summed E-state index contributed by atoms with van der Waals surface area (Å²) >= 11 is 0. The molecule has 2 aromatic rings. The Morgan fingerprint density at radius 1 is 1.10 bits per heavy atom. The second-order valence-electron chi connectivity index (χ2n) is 6.36. The van der Waals surface area contributed by atoms with Crippen LogP contribution in [-0.2, 0) is 0 Å². The number of carbonyl (C=O) groups excluding carboxylic acids is 1. The van der Waals surface area contributed by atoms with Crippen molar-refractivity contribution in [3.63, 3.8) is 0 Å². The largest absolute Gasteiger partial charge is 0.296 e. The van der Waals surface area contributed by atoms with E-state index in [-0.39, 0.29) is 5.78 Å². The Bertz CT molecular complexity index is 654. The molecule has 1 heterocycles. The average Bonchev–Trinajstić information content (AvgIpc) is 2.50. The van der Waals surface area contributed by atoms with Gasteiger partial charge in [0.1, 0.15) is 0 Å². The number of fused-ring (bicyclic) bond motifs is 1. The topological polar surface area (TPSA) is 20.3 Å². The van der Waals surface area contributed by atoms with Crippen molar-refractivity contribution in [3.8, 4) is 0 Å². The molecule has 110 valence electrons. The average molecular weight is 281 g/mol. The molecule has 2 nitrogen and oxygen atoms in total. The molecule has 1 saturated heterocycles. The minimum absolute atomic E-state index is 0.251. The molecule has 2 heteroatoms. The summed E-state index contributed by atoms with van der Waals surface area (Å²) < 4.78 is 0. The van der Waals surface area contributed by atoms with Crippen molar-refractivity contribution in [2.45, 2.75) is 26.7 Å². The fourth-order valence-corrected chi connectivity index (χ4v) is 3.20. The van der Waals surface area contributed by atoms with Crippen LogP contribution in [0.3, 0.4) is 0 Å². The van der Waals surface area contributed by atoms with Gasteiger partial charge < -0.3 is 0 Å². The number of hydrogen-bond donors (Lipinski definition) is 0. The Hall–Kier alpha value is -1.67. The molecule has 21 heavy (non-hydrogen) atoms. The van der Waals surface area contributed by atoms with Crippen LogP contribution in [0.1, 0.15) is 35.7 Å². The number of ketones is 1. The van der Waals surface area contributed by atoms with E-state index in [0.717, 1.165) is 30.0 Å². The lowest BCUT2D eigenvalue weighted by molar-refractivity contribution is 0.0901. The summed E-state index contributed by atoms with van der Waals surface area (Å²) in [5.41, 5.74) is 2.10. The van der Waals surface area contributed by atoms with E-state index < -0.39 is 0 Å². The second kappa shape index (κ2) is 5.98. The minimum atomic E-state index is 0.251. The number of benzene rings is 2. The molecule has 1 aliphatic rings. The van der Waals surface area contributed by atoms with Gasteiger partial charge in [0.15, 0.2) is 5.78 Å². The fourth-order valence-electron chi connectivity index (χ4n) is 3.20. The molecule has 0 amide bonds. The molecular weight excluding hydrogens is 258 g/mol. The van der Waals surface area contributed by atoms with Gasteiger partial charge in [-0.1, -0.05) is 43.3 Å². The quantitative estimate of drug-likeness (QED) is 0.791. The van der Waals surface area contributed by atoms with E-state index in [1.165, 1.54) is 23.8 Å². The van der Waals surface area contributed by atoms with E-state index >= 15 is 0 Å². The normalized spacial score (nSPS) is 17.2. The smallest absolute Gasteiger partial charge is 0.177 e. The molecule has 0 spiro atoms. The highest BCUT2D eigenvalue weighted by molar-refractivity contribution is 6.09. The third kappa shape index (κ3) is 3.01. The summed E-state index contributed by atoms with van der Waals surface area (Å²) in [4.78, 5) is 15.0. The van der Waals surface area contributed by atoms with Crippen LogP contribution in [0.5, 0.6) is 0 Å². The molecule has 0 aliphatic carbocycles. The molecule has 1 aliphatic heterocycles. The van der Waals surface area contributed by atoms with Crippen LogP contribution in [0, 0.1) is 12.8 Å². The van der Waals surface area contributed by atoms with Gasteiger partial charge in [0.2, 0.25) is 0 Å². The Kier molecular flexibility index (Phi) is 4.07. The molecule has 0 radical (unpaired) electrons. The number of Topliss-reactive ketones (excluding diaryl/α,β-unsaturated/α-hetero) is 1. The molecule has 1 fully saturated rings. The van der Waals surface area contributed by atoms with Gasteiger partial charge in [-0.3, -0.25) is 9.69 Å². The van der Waals surface area contributed by atoms with E-state index in [1.54, 1.807) is 0 Å². The lowest BCUT2D eigenvalue weighted by atomic mass is 9.96. The Morgan fingerprint density at radius 2 is 1.76 bits per heavy atom. The van der Waals surface area contributed by atoms with Crippen LogP contribution in [0.25, 0.3) is 10.8 Å². The van der Waals surface area contributed by atoms with Crippen molar-refractivity contribution >= 4 is 16.6 Å². The molecular formula is C19H23NO. The van der Waals surface area contributed by atoms with E-state index in [0.29, 0.717) is 6.54 Å². The number of hydrogen-bond acceptors (Lipinski definition) is 2. The maximum Gasteiger partial charge on any atom is 0.177 e. The highest BCUT2D eigenvalue weighted by Crippen LogP contribution is 2.23. The number of nitrogens with zero attached hydrogens (tertiary/aromatic N) is 1. The van der Waals surface area contributed by atoms with Gasteiger partial charge in [0.25, 0.3) is 0 Å². The fraction of sp³-hybridized carbons (Fsp3) is 0.421. The van der Waals surface area contributed by atoms with Gasteiger partial charge >= 0.3 is 0 Å². The second-order valence-corrected chi connectivity index (χ2v) is 6.36. The van der Waals surface area contributed by atoms with Crippen molar-refractivity contribution in [2.75, 3.05) is 19.6 Å². The molecule has 2 aromatic carbocycles. The first-order valence-electron chi connectivity index (χ1n) is 7.89. The Balaban J connectivity index is 1.83. The maximum atomic E-state index is 12.7. The van der Waals surface area contributed by atoms with Gasteiger partial charge in [-0.25, -0.2) is 0 Å². The molecule has 0 atom stereocenters. The van der Waals surface area contributed by atoms with Crippen molar-refractivity contribution < 1.29 is 4.79 Å². The van der Waals surface area contributed by atoms with Crippen molar-refractivity contribution in [3.05, 3.63) is 47.5 Å². The molecule has 0 unspecified atom stereocenters. The third-order valence-electron chi connectivity index (χ3n) is 4.69. The van der Waals surface area contributed by atoms with Crippen molar-refractivity contribution in [2.24, 2.45) is 5.92 Å². The van der Waals surface area contributed by atoms with Gasteiger partial charge in [-0.05, 0) is 55.1 Å². The van der Waals surface area contributed by atoms with Crippen molar-refractivity contribution in [1.29, 1.82) is 0 Å². The molecule has 0 aromatic heterocycles. The zero-order valence-electron chi connectivity index (χ0n) is 12.9. The molecule has 0 bridgehead atoms. The van der Waals surface area contributed by atoms with E-state index in [1.807, 2.05) is 18.2 Å². The lowest BCUT2D eigenvalue weighted by Crippen LogP contribution is -2.36. The number of likely N-dealkylation sites (tertiary alicyclic amines) is 1. The lowest BCUT2D eigenvalue weighted by Gasteiger charge is -2.29. The number of piperidine rings is 1. The van der Waals surface area contributed by atoms with E-state index in [2.05, 4.69) is 36.9 Å². The first-order valence-corrected chi connectivity index (χ1v) is 7.89. The number of rotatable bonds is 3. The summed E-state index contributed by atoms with van der Waals surface area (Å²) in [6.45, 7) is 7.06. The summed E-state index contributed by atoms with van der Waals surface area (Å²) in [6.07, 6.45) is 2.42. The van der Waals surface area contributed by atoms with Gasteiger partial charge in [0, 0.05) is 5.56 Å². The van der Waals surface area contributed by atoms with E-state index in [9.17, 15) is 4.79 Å². The molecule has 3 rings (SSSR count). The van der Waals surface area contributed by atoms with Gasteiger partial charge in [0.05, 0.1) is 6.54 Å². The third-order valence-corrected chi connectivity index (χ3v) is 4.69. The number of carbonyl (C=O) groups is 1. The standard InChI is InChI=1S/C19H23NO/c1-14-9-11-20(12-10-14)13-19(21)18-8-7-15(2)16-5-3-4-6-17(16)18/h3-8,14H,9-13H2,1-2H3. The first kappa shape index (κ1) is 14.3. The van der Waals surface area contributed by atoms with Crippen molar-refractivity contribution in [1.82, 2.24) is 4.90 Å². The predicted molar refractivity (Wildman–Crippen MR) is 87.9 cm³/mol.